The van der Waals surface area contributed by atoms with Crippen molar-refractivity contribution in [2.24, 2.45) is 5.73 Å². The molecular formula is C10H17N3. The predicted octanol–water partition coefficient (Wildman–Crippen LogP) is 1.24. The molecule has 0 aliphatic rings. The smallest absolute Gasteiger partial charge is 0.130 e. The predicted molar refractivity (Wildman–Crippen MR) is 53.5 cm³/mol. The van der Waals surface area contributed by atoms with E-state index in [4.69, 9.17) is 5.73 Å². The average Bonchev–Trinajstić information content (AvgIpc) is 2.01. The first-order valence-corrected chi connectivity index (χ1v) is 4.70. The highest BCUT2D eigenvalue weighted by Gasteiger charge is 2.03. The number of hydrogen-bond acceptors (Lipinski definition) is 3. The van der Waals surface area contributed by atoms with Gasteiger partial charge in [0.05, 0.1) is 0 Å². The van der Waals surface area contributed by atoms with Gasteiger partial charge in [-0.3, -0.25) is 0 Å². The van der Waals surface area contributed by atoms with Gasteiger partial charge in [-0.25, -0.2) is 9.97 Å². The summed E-state index contributed by atoms with van der Waals surface area (Å²) < 4.78 is 0. The third-order valence-electron chi connectivity index (χ3n) is 1.82. The third-order valence-corrected chi connectivity index (χ3v) is 1.82. The minimum Gasteiger partial charge on any atom is -0.328 e. The highest BCUT2D eigenvalue weighted by atomic mass is 14.9. The van der Waals surface area contributed by atoms with Crippen molar-refractivity contribution in [2.45, 2.75) is 39.7 Å². The second kappa shape index (κ2) is 4.33. The Labute approximate surface area is 79.4 Å². The molecule has 0 bridgehead atoms. The fraction of sp³-hybridized carbons (Fsp3) is 0.600. The Bertz CT molecular complexity index is 281. The summed E-state index contributed by atoms with van der Waals surface area (Å²) in [6.45, 7) is 6.06. The molecule has 13 heavy (non-hydrogen) atoms. The summed E-state index contributed by atoms with van der Waals surface area (Å²) in [6, 6.07) is 2.15. The molecule has 1 aromatic rings. The lowest BCUT2D eigenvalue weighted by Crippen LogP contribution is -2.20. The van der Waals surface area contributed by atoms with E-state index in [9.17, 15) is 0 Å². The molecule has 0 aliphatic heterocycles. The molecule has 3 heteroatoms. The Balaban J connectivity index is 2.88. The van der Waals surface area contributed by atoms with Crippen molar-refractivity contribution in [3.05, 3.63) is 23.3 Å². The van der Waals surface area contributed by atoms with Crippen LogP contribution in [0, 0.1) is 6.92 Å². The van der Waals surface area contributed by atoms with Gasteiger partial charge in [0.2, 0.25) is 0 Å². The first-order chi connectivity index (χ1) is 6.11. The molecular weight excluding hydrogens is 162 g/mol. The Morgan fingerprint density at radius 1 is 1.46 bits per heavy atom. The largest absolute Gasteiger partial charge is 0.328 e. The van der Waals surface area contributed by atoms with Crippen molar-refractivity contribution >= 4 is 0 Å². The monoisotopic (exact) mass is 179 g/mol. The van der Waals surface area contributed by atoms with E-state index < -0.39 is 0 Å². The van der Waals surface area contributed by atoms with Crippen LogP contribution < -0.4 is 5.73 Å². The molecule has 0 amide bonds. The lowest BCUT2D eigenvalue weighted by atomic mass is 10.2. The molecule has 1 rings (SSSR count). The molecule has 72 valence electrons. The maximum Gasteiger partial charge on any atom is 0.130 e. The second-order valence-electron chi connectivity index (χ2n) is 3.45. The van der Waals surface area contributed by atoms with E-state index in [-0.39, 0.29) is 6.04 Å². The standard InChI is InChI=1S/C10H17N3/c1-4-9-6-8(3)12-10(13-9)5-7(2)11/h6-7H,4-5,11H2,1-3H3. The Kier molecular flexibility index (Phi) is 3.37. The van der Waals surface area contributed by atoms with Crippen LogP contribution in [0.3, 0.4) is 0 Å². The molecule has 1 aromatic heterocycles. The van der Waals surface area contributed by atoms with Crippen molar-refractivity contribution < 1.29 is 0 Å². The van der Waals surface area contributed by atoms with E-state index in [2.05, 4.69) is 16.9 Å². The molecule has 1 unspecified atom stereocenters. The van der Waals surface area contributed by atoms with Gasteiger partial charge >= 0.3 is 0 Å². The van der Waals surface area contributed by atoms with E-state index in [1.807, 2.05) is 19.9 Å². The van der Waals surface area contributed by atoms with E-state index in [0.717, 1.165) is 30.1 Å². The first kappa shape index (κ1) is 10.1. The highest BCUT2D eigenvalue weighted by molar-refractivity contribution is 5.10. The van der Waals surface area contributed by atoms with Crippen LogP contribution >= 0.6 is 0 Å². The number of hydrogen-bond donors (Lipinski definition) is 1. The Morgan fingerprint density at radius 2 is 2.15 bits per heavy atom. The van der Waals surface area contributed by atoms with Crippen molar-refractivity contribution in [2.75, 3.05) is 0 Å². The van der Waals surface area contributed by atoms with Gasteiger partial charge in [0.25, 0.3) is 0 Å². The zero-order chi connectivity index (χ0) is 9.84. The molecule has 0 radical (unpaired) electrons. The minimum absolute atomic E-state index is 0.131. The van der Waals surface area contributed by atoms with Crippen molar-refractivity contribution in [3.63, 3.8) is 0 Å². The zero-order valence-corrected chi connectivity index (χ0v) is 8.54. The van der Waals surface area contributed by atoms with Crippen molar-refractivity contribution in [1.29, 1.82) is 0 Å². The van der Waals surface area contributed by atoms with Gasteiger partial charge < -0.3 is 5.73 Å². The molecule has 2 N–H and O–H groups in total. The van der Waals surface area contributed by atoms with Gasteiger partial charge in [-0.05, 0) is 26.3 Å². The van der Waals surface area contributed by atoms with E-state index in [1.165, 1.54) is 0 Å². The van der Waals surface area contributed by atoms with Crippen LogP contribution in [0.25, 0.3) is 0 Å². The van der Waals surface area contributed by atoms with E-state index in [1.54, 1.807) is 0 Å². The number of nitrogens with zero attached hydrogens (tertiary/aromatic N) is 2. The van der Waals surface area contributed by atoms with E-state index in [0.29, 0.717) is 0 Å². The summed E-state index contributed by atoms with van der Waals surface area (Å²) in [5, 5.41) is 0. The molecule has 1 atom stereocenters. The second-order valence-corrected chi connectivity index (χ2v) is 3.45. The Morgan fingerprint density at radius 3 is 2.69 bits per heavy atom. The molecule has 0 aromatic carbocycles. The van der Waals surface area contributed by atoms with Gasteiger partial charge in [0.15, 0.2) is 0 Å². The molecule has 0 spiro atoms. The van der Waals surface area contributed by atoms with Crippen LogP contribution in [0.1, 0.15) is 31.1 Å². The lowest BCUT2D eigenvalue weighted by Gasteiger charge is -2.06. The molecule has 0 saturated heterocycles. The maximum absolute atomic E-state index is 5.69. The van der Waals surface area contributed by atoms with Crippen LogP contribution in [0.15, 0.2) is 6.07 Å². The molecule has 3 nitrogen and oxygen atoms in total. The SMILES string of the molecule is CCc1cc(C)nc(CC(C)N)n1. The fourth-order valence-electron chi connectivity index (χ4n) is 1.26. The summed E-state index contributed by atoms with van der Waals surface area (Å²) in [7, 11) is 0. The quantitative estimate of drug-likeness (QED) is 0.759. The highest BCUT2D eigenvalue weighted by Crippen LogP contribution is 2.02. The normalized spacial score (nSPS) is 12.9. The third kappa shape index (κ3) is 3.11. The maximum atomic E-state index is 5.69. The first-order valence-electron chi connectivity index (χ1n) is 4.70. The van der Waals surface area contributed by atoms with Crippen LogP contribution in [0.4, 0.5) is 0 Å². The number of aryl methyl sites for hydroxylation is 2. The number of aromatic nitrogens is 2. The van der Waals surface area contributed by atoms with Gasteiger partial charge in [-0.2, -0.15) is 0 Å². The molecule has 1 heterocycles. The average molecular weight is 179 g/mol. The summed E-state index contributed by atoms with van der Waals surface area (Å²) >= 11 is 0. The lowest BCUT2D eigenvalue weighted by molar-refractivity contribution is 0.693. The van der Waals surface area contributed by atoms with Gasteiger partial charge in [0, 0.05) is 23.9 Å². The zero-order valence-electron chi connectivity index (χ0n) is 8.54. The topological polar surface area (TPSA) is 51.8 Å². The fourth-order valence-corrected chi connectivity index (χ4v) is 1.26. The van der Waals surface area contributed by atoms with Crippen LogP contribution in [0.5, 0.6) is 0 Å². The van der Waals surface area contributed by atoms with Crippen molar-refractivity contribution in [3.8, 4) is 0 Å². The summed E-state index contributed by atoms with van der Waals surface area (Å²) in [6.07, 6.45) is 1.71. The number of nitrogens with two attached hydrogens (primary N) is 1. The van der Waals surface area contributed by atoms with Crippen LogP contribution in [-0.4, -0.2) is 16.0 Å². The molecule has 0 saturated carbocycles. The number of rotatable bonds is 3. The van der Waals surface area contributed by atoms with Gasteiger partial charge in [-0.1, -0.05) is 6.92 Å². The van der Waals surface area contributed by atoms with Crippen molar-refractivity contribution in [1.82, 2.24) is 9.97 Å². The molecule has 0 aliphatic carbocycles. The Hall–Kier alpha value is -0.960. The van der Waals surface area contributed by atoms with Crippen LogP contribution in [0.2, 0.25) is 0 Å². The summed E-state index contributed by atoms with van der Waals surface area (Å²) in [4.78, 5) is 8.73. The minimum atomic E-state index is 0.131. The summed E-state index contributed by atoms with van der Waals surface area (Å²) in [5.41, 5.74) is 7.82. The van der Waals surface area contributed by atoms with Gasteiger partial charge in [0.1, 0.15) is 5.82 Å². The van der Waals surface area contributed by atoms with Crippen LogP contribution in [-0.2, 0) is 12.8 Å². The van der Waals surface area contributed by atoms with E-state index >= 15 is 0 Å². The summed E-state index contributed by atoms with van der Waals surface area (Å²) in [5.74, 6) is 0.867. The molecule has 0 fully saturated rings. The van der Waals surface area contributed by atoms with Gasteiger partial charge in [-0.15, -0.1) is 0 Å².